The quantitative estimate of drug-likeness (QED) is 0.520. The van der Waals surface area contributed by atoms with E-state index in [2.05, 4.69) is 25.2 Å². The van der Waals surface area contributed by atoms with Gasteiger partial charge in [0.1, 0.15) is 0 Å². The van der Waals surface area contributed by atoms with Crippen LogP contribution in [-0.4, -0.2) is 5.78 Å². The summed E-state index contributed by atoms with van der Waals surface area (Å²) in [5.41, 5.74) is 3.35. The third-order valence-electron chi connectivity index (χ3n) is 6.03. The van der Waals surface area contributed by atoms with E-state index in [9.17, 15) is 13.6 Å². The second-order valence-electron chi connectivity index (χ2n) is 8.76. The lowest BCUT2D eigenvalue weighted by molar-refractivity contribution is -0.118. The van der Waals surface area contributed by atoms with Gasteiger partial charge < -0.3 is 5.32 Å². The number of carbonyl (C=O) groups is 1. The minimum absolute atomic E-state index is 0.00371. The van der Waals surface area contributed by atoms with Crippen molar-refractivity contribution in [2.45, 2.75) is 32.7 Å². The average molecular weight is 389 g/mol. The van der Waals surface area contributed by atoms with Gasteiger partial charge in [0.15, 0.2) is 17.4 Å². The fourth-order valence-electron chi connectivity index (χ4n) is 4.81. The Morgan fingerprint density at radius 2 is 1.76 bits per heavy atom. The second kappa shape index (κ2) is 6.24. The molecular formula is C25H21F2NO. The lowest BCUT2D eigenvalue weighted by Gasteiger charge is -2.40. The molecule has 1 heterocycles. The fourth-order valence-corrected chi connectivity index (χ4v) is 4.81. The first-order chi connectivity index (χ1) is 13.9. The van der Waals surface area contributed by atoms with E-state index in [0.29, 0.717) is 18.4 Å². The van der Waals surface area contributed by atoms with Crippen LogP contribution in [-0.2, 0) is 4.79 Å². The van der Waals surface area contributed by atoms with Gasteiger partial charge in [-0.15, -0.1) is 0 Å². The van der Waals surface area contributed by atoms with E-state index in [1.165, 1.54) is 6.07 Å². The van der Waals surface area contributed by atoms with Crippen molar-refractivity contribution in [2.24, 2.45) is 5.41 Å². The van der Waals surface area contributed by atoms with Crippen molar-refractivity contribution in [3.05, 3.63) is 82.9 Å². The van der Waals surface area contributed by atoms with Crippen LogP contribution >= 0.6 is 0 Å². The molecule has 1 atom stereocenters. The Morgan fingerprint density at radius 3 is 2.59 bits per heavy atom. The largest absolute Gasteiger partial charge is 0.373 e. The molecule has 0 fully saturated rings. The van der Waals surface area contributed by atoms with E-state index in [0.717, 1.165) is 33.7 Å². The Morgan fingerprint density at radius 1 is 0.966 bits per heavy atom. The number of fused-ring (bicyclic) bond motifs is 4. The van der Waals surface area contributed by atoms with Crippen molar-refractivity contribution in [3.8, 4) is 0 Å². The minimum atomic E-state index is -0.904. The van der Waals surface area contributed by atoms with Crippen LogP contribution in [0.2, 0.25) is 0 Å². The molecule has 5 rings (SSSR count). The maximum Gasteiger partial charge on any atom is 0.164 e. The third kappa shape index (κ3) is 2.78. The van der Waals surface area contributed by atoms with Crippen molar-refractivity contribution in [2.75, 3.05) is 5.32 Å². The van der Waals surface area contributed by atoms with E-state index >= 15 is 0 Å². The Hall–Kier alpha value is -3.01. The molecule has 1 unspecified atom stereocenters. The van der Waals surface area contributed by atoms with Gasteiger partial charge in [0, 0.05) is 28.8 Å². The first-order valence-corrected chi connectivity index (χ1v) is 9.84. The summed E-state index contributed by atoms with van der Waals surface area (Å²) < 4.78 is 28.7. The number of Topliss-reactive ketones (excluding diaryl/α,β-unsaturated/α-hetero) is 1. The number of anilines is 1. The molecule has 1 aliphatic heterocycles. The number of halogens is 2. The molecule has 1 aliphatic carbocycles. The number of allylic oxidation sites excluding steroid dienone is 1. The van der Waals surface area contributed by atoms with Crippen LogP contribution < -0.4 is 5.32 Å². The number of ketones is 1. The van der Waals surface area contributed by atoms with Crippen LogP contribution in [0, 0.1) is 17.0 Å². The van der Waals surface area contributed by atoms with Crippen LogP contribution in [0.5, 0.6) is 0 Å². The van der Waals surface area contributed by atoms with Crippen molar-refractivity contribution in [1.82, 2.24) is 0 Å². The number of hydrogen-bond acceptors (Lipinski definition) is 2. The summed E-state index contributed by atoms with van der Waals surface area (Å²) in [6, 6.07) is 15.5. The van der Waals surface area contributed by atoms with Crippen molar-refractivity contribution < 1.29 is 13.6 Å². The van der Waals surface area contributed by atoms with Gasteiger partial charge >= 0.3 is 0 Å². The normalized spacial score (nSPS) is 20.3. The van der Waals surface area contributed by atoms with E-state index in [1.807, 2.05) is 30.3 Å². The number of carbonyl (C=O) groups excluding carboxylic acids is 1. The molecule has 0 saturated carbocycles. The van der Waals surface area contributed by atoms with Crippen molar-refractivity contribution >= 4 is 27.8 Å². The van der Waals surface area contributed by atoms with E-state index < -0.39 is 17.7 Å². The number of rotatable bonds is 1. The molecule has 29 heavy (non-hydrogen) atoms. The molecule has 0 aromatic heterocycles. The molecule has 0 amide bonds. The van der Waals surface area contributed by atoms with Gasteiger partial charge in [0.05, 0.1) is 6.04 Å². The number of benzene rings is 3. The molecule has 1 N–H and O–H groups in total. The summed E-state index contributed by atoms with van der Waals surface area (Å²) in [5.74, 6) is -1.81. The fraction of sp³-hybridized carbons (Fsp3) is 0.240. The minimum Gasteiger partial charge on any atom is -0.373 e. The summed E-state index contributed by atoms with van der Waals surface area (Å²) in [6.45, 7) is 4.17. The van der Waals surface area contributed by atoms with Gasteiger partial charge in [-0.3, -0.25) is 4.79 Å². The highest BCUT2D eigenvalue weighted by Gasteiger charge is 2.41. The Balaban J connectivity index is 1.83. The van der Waals surface area contributed by atoms with Gasteiger partial charge in [-0.1, -0.05) is 56.3 Å². The van der Waals surface area contributed by atoms with Gasteiger partial charge in [0.25, 0.3) is 0 Å². The molecule has 0 saturated heterocycles. The van der Waals surface area contributed by atoms with E-state index in [4.69, 9.17) is 0 Å². The smallest absolute Gasteiger partial charge is 0.164 e. The molecule has 4 heteroatoms. The lowest BCUT2D eigenvalue weighted by atomic mass is 9.68. The monoisotopic (exact) mass is 389 g/mol. The summed E-state index contributed by atoms with van der Waals surface area (Å²) in [4.78, 5) is 13.3. The lowest BCUT2D eigenvalue weighted by Crippen LogP contribution is -2.33. The summed E-state index contributed by atoms with van der Waals surface area (Å²) in [7, 11) is 0. The first-order valence-electron chi connectivity index (χ1n) is 9.84. The van der Waals surface area contributed by atoms with E-state index in [1.54, 1.807) is 6.07 Å². The molecule has 3 aromatic rings. The molecule has 3 aromatic carbocycles. The predicted octanol–water partition coefficient (Wildman–Crippen LogP) is 6.43. The van der Waals surface area contributed by atoms with Crippen LogP contribution in [0.25, 0.3) is 16.3 Å². The van der Waals surface area contributed by atoms with Gasteiger partial charge in [0.2, 0.25) is 0 Å². The summed E-state index contributed by atoms with van der Waals surface area (Å²) >= 11 is 0. The second-order valence-corrected chi connectivity index (χ2v) is 8.76. The summed E-state index contributed by atoms with van der Waals surface area (Å²) in [6.07, 6.45) is 1.10. The van der Waals surface area contributed by atoms with Gasteiger partial charge in [-0.25, -0.2) is 8.78 Å². The maximum atomic E-state index is 14.7. The molecule has 2 aliphatic rings. The van der Waals surface area contributed by atoms with Crippen LogP contribution in [0.15, 0.2) is 60.2 Å². The van der Waals surface area contributed by atoms with Crippen LogP contribution in [0.4, 0.5) is 14.5 Å². The SMILES string of the molecule is CC1(C)CC(=O)C2=C(C1)c1c(ccc3ccccc13)NC2c1cccc(F)c1F. The van der Waals surface area contributed by atoms with Crippen LogP contribution in [0.1, 0.15) is 43.9 Å². The molecule has 0 radical (unpaired) electrons. The average Bonchev–Trinajstić information content (AvgIpc) is 2.68. The highest BCUT2D eigenvalue weighted by Crippen LogP contribution is 2.52. The topological polar surface area (TPSA) is 29.1 Å². The molecular weight excluding hydrogens is 368 g/mol. The van der Waals surface area contributed by atoms with Crippen molar-refractivity contribution in [1.29, 1.82) is 0 Å². The maximum absolute atomic E-state index is 14.7. The molecule has 0 bridgehead atoms. The summed E-state index contributed by atoms with van der Waals surface area (Å²) in [5, 5.41) is 5.50. The third-order valence-corrected chi connectivity index (χ3v) is 6.03. The number of nitrogens with one attached hydrogen (secondary N) is 1. The van der Waals surface area contributed by atoms with Crippen molar-refractivity contribution in [3.63, 3.8) is 0 Å². The van der Waals surface area contributed by atoms with E-state index in [-0.39, 0.29) is 16.8 Å². The predicted molar refractivity (Wildman–Crippen MR) is 112 cm³/mol. The van der Waals surface area contributed by atoms with Gasteiger partial charge in [-0.2, -0.15) is 0 Å². The molecule has 0 spiro atoms. The Bertz CT molecular complexity index is 1210. The zero-order valence-corrected chi connectivity index (χ0v) is 16.4. The highest BCUT2D eigenvalue weighted by molar-refractivity contribution is 6.12. The van der Waals surface area contributed by atoms with Crippen LogP contribution in [0.3, 0.4) is 0 Å². The zero-order valence-electron chi connectivity index (χ0n) is 16.4. The Kier molecular flexibility index (Phi) is 3.89. The standard InChI is InChI=1S/C25H21F2NO/c1-25(2)12-17-21-15-7-4-3-6-14(15)10-11-19(21)28-24(22(17)20(29)13-25)16-8-5-9-18(26)23(16)27/h3-11,24,28H,12-13H2,1-2H3. The van der Waals surface area contributed by atoms with Gasteiger partial charge in [-0.05, 0) is 40.3 Å². The molecule has 146 valence electrons. The Labute approximate surface area is 168 Å². The molecule has 2 nitrogen and oxygen atoms in total. The first kappa shape index (κ1) is 18.0. The number of hydrogen-bond donors (Lipinski definition) is 1. The zero-order chi connectivity index (χ0) is 20.3. The highest BCUT2D eigenvalue weighted by atomic mass is 19.2.